The highest BCUT2D eigenvalue weighted by atomic mass is 16.5. The Morgan fingerprint density at radius 3 is 2.38 bits per heavy atom. The van der Waals surface area contributed by atoms with Crippen molar-refractivity contribution in [2.75, 3.05) is 25.5 Å². The van der Waals surface area contributed by atoms with Gasteiger partial charge in [-0.05, 0) is 55.8 Å². The van der Waals surface area contributed by atoms with E-state index >= 15 is 0 Å². The number of nitrogens with zero attached hydrogens (tertiary/aromatic N) is 1. The second-order valence-electron chi connectivity index (χ2n) is 6.07. The van der Waals surface area contributed by atoms with Gasteiger partial charge in [0.05, 0.1) is 6.61 Å². The third-order valence-electron chi connectivity index (χ3n) is 3.99. The van der Waals surface area contributed by atoms with Crippen LogP contribution in [0.2, 0.25) is 0 Å². The third-order valence-corrected chi connectivity index (χ3v) is 3.99. The zero-order valence-corrected chi connectivity index (χ0v) is 15.6. The summed E-state index contributed by atoms with van der Waals surface area (Å²) in [5.41, 5.74) is 1.65. The van der Waals surface area contributed by atoms with E-state index in [-0.39, 0.29) is 11.8 Å². The lowest BCUT2D eigenvalue weighted by atomic mass is 10.1. The minimum absolute atomic E-state index is 0.0748. The third kappa shape index (κ3) is 5.34. The summed E-state index contributed by atoms with van der Waals surface area (Å²) >= 11 is 0. The van der Waals surface area contributed by atoms with Gasteiger partial charge in [-0.2, -0.15) is 0 Å². The summed E-state index contributed by atoms with van der Waals surface area (Å²) in [6, 6.07) is 14.0. The van der Waals surface area contributed by atoms with Crippen LogP contribution in [-0.2, 0) is 0 Å². The van der Waals surface area contributed by atoms with Crippen molar-refractivity contribution in [3.63, 3.8) is 0 Å². The average molecular weight is 354 g/mol. The Morgan fingerprint density at radius 1 is 1.04 bits per heavy atom. The van der Waals surface area contributed by atoms with E-state index < -0.39 is 0 Å². The number of hydrogen-bond acceptors (Lipinski definition) is 3. The molecular formula is C21H26N2O3. The smallest absolute Gasteiger partial charge is 0.255 e. The molecule has 0 atom stereocenters. The quantitative estimate of drug-likeness (QED) is 0.772. The van der Waals surface area contributed by atoms with E-state index in [9.17, 15) is 9.59 Å². The molecule has 2 amide bonds. The van der Waals surface area contributed by atoms with E-state index in [2.05, 4.69) is 12.2 Å². The van der Waals surface area contributed by atoms with Crippen molar-refractivity contribution in [2.24, 2.45) is 0 Å². The number of hydrogen-bond donors (Lipinski definition) is 1. The Morgan fingerprint density at radius 2 is 1.73 bits per heavy atom. The van der Waals surface area contributed by atoms with E-state index in [1.165, 1.54) is 0 Å². The summed E-state index contributed by atoms with van der Waals surface area (Å²) in [6.07, 6.45) is 1.99. The summed E-state index contributed by atoms with van der Waals surface area (Å²) in [4.78, 5) is 26.6. The Kier molecular flexibility index (Phi) is 7.21. The Bertz CT molecular complexity index is 741. The summed E-state index contributed by atoms with van der Waals surface area (Å²) < 4.78 is 5.39. The molecule has 138 valence electrons. The van der Waals surface area contributed by atoms with Crippen LogP contribution in [0.4, 0.5) is 5.69 Å². The largest absolute Gasteiger partial charge is 0.494 e. The average Bonchev–Trinajstić information content (AvgIpc) is 2.67. The maximum Gasteiger partial charge on any atom is 0.255 e. The van der Waals surface area contributed by atoms with Gasteiger partial charge in [0.1, 0.15) is 5.75 Å². The van der Waals surface area contributed by atoms with Crippen molar-refractivity contribution >= 4 is 17.5 Å². The zero-order valence-electron chi connectivity index (χ0n) is 15.6. The molecule has 0 aliphatic carbocycles. The number of amides is 2. The van der Waals surface area contributed by atoms with Gasteiger partial charge in [0.15, 0.2) is 0 Å². The Balaban J connectivity index is 2.06. The molecule has 0 aromatic heterocycles. The predicted octanol–water partition coefficient (Wildman–Crippen LogP) is 4.21. The molecular weight excluding hydrogens is 328 g/mol. The molecule has 1 N–H and O–H groups in total. The molecule has 0 bridgehead atoms. The molecule has 2 aromatic rings. The summed E-state index contributed by atoms with van der Waals surface area (Å²) in [5.74, 6) is 0.433. The van der Waals surface area contributed by atoms with Crippen LogP contribution in [0.1, 0.15) is 47.4 Å². The second kappa shape index (κ2) is 9.61. The molecule has 2 rings (SSSR count). The van der Waals surface area contributed by atoms with Crippen LogP contribution in [0, 0.1) is 0 Å². The van der Waals surface area contributed by atoms with E-state index in [1.807, 2.05) is 19.1 Å². The molecule has 26 heavy (non-hydrogen) atoms. The van der Waals surface area contributed by atoms with Crippen molar-refractivity contribution in [3.05, 3.63) is 59.7 Å². The van der Waals surface area contributed by atoms with Gasteiger partial charge in [0.2, 0.25) is 0 Å². The number of benzene rings is 2. The van der Waals surface area contributed by atoms with Crippen molar-refractivity contribution < 1.29 is 14.3 Å². The summed E-state index contributed by atoms with van der Waals surface area (Å²) in [5, 5.41) is 2.84. The topological polar surface area (TPSA) is 58.6 Å². The number of unbranched alkanes of at least 4 members (excludes halogenated alkanes) is 1. The van der Waals surface area contributed by atoms with Crippen LogP contribution < -0.4 is 10.1 Å². The SMILES string of the molecule is CCCCN(C)C(=O)c1cccc(C(=O)Nc2ccc(OCC)cc2)c1. The highest BCUT2D eigenvalue weighted by Crippen LogP contribution is 2.17. The van der Waals surface area contributed by atoms with Crippen LogP contribution >= 0.6 is 0 Å². The van der Waals surface area contributed by atoms with Gasteiger partial charge in [-0.1, -0.05) is 19.4 Å². The van der Waals surface area contributed by atoms with Gasteiger partial charge >= 0.3 is 0 Å². The Labute approximate surface area is 155 Å². The molecule has 5 nitrogen and oxygen atoms in total. The number of carbonyl (C=O) groups is 2. The minimum atomic E-state index is -0.250. The lowest BCUT2D eigenvalue weighted by Crippen LogP contribution is -2.28. The van der Waals surface area contributed by atoms with Crippen LogP contribution in [0.15, 0.2) is 48.5 Å². The van der Waals surface area contributed by atoms with Crippen LogP contribution in [0.25, 0.3) is 0 Å². The zero-order chi connectivity index (χ0) is 18.9. The van der Waals surface area contributed by atoms with Gasteiger partial charge in [0, 0.05) is 30.4 Å². The Hall–Kier alpha value is -2.82. The van der Waals surface area contributed by atoms with Crippen LogP contribution in [0.3, 0.4) is 0 Å². The first kappa shape index (κ1) is 19.5. The first-order chi connectivity index (χ1) is 12.5. The molecule has 5 heteroatoms. The fraction of sp³-hybridized carbons (Fsp3) is 0.333. The number of nitrogens with one attached hydrogen (secondary N) is 1. The lowest BCUT2D eigenvalue weighted by Gasteiger charge is -2.17. The van der Waals surface area contributed by atoms with Gasteiger partial charge in [0.25, 0.3) is 11.8 Å². The van der Waals surface area contributed by atoms with Crippen molar-refractivity contribution in [1.82, 2.24) is 4.90 Å². The van der Waals surface area contributed by atoms with E-state index in [0.717, 1.165) is 18.6 Å². The van der Waals surface area contributed by atoms with E-state index in [0.29, 0.717) is 30.0 Å². The van der Waals surface area contributed by atoms with Crippen molar-refractivity contribution in [2.45, 2.75) is 26.7 Å². The van der Waals surface area contributed by atoms with Gasteiger partial charge in [-0.15, -0.1) is 0 Å². The molecule has 0 saturated heterocycles. The number of carbonyl (C=O) groups excluding carboxylic acids is 2. The van der Waals surface area contributed by atoms with Crippen LogP contribution in [-0.4, -0.2) is 36.9 Å². The molecule has 0 fully saturated rings. The van der Waals surface area contributed by atoms with Gasteiger partial charge in [-0.25, -0.2) is 0 Å². The number of anilines is 1. The summed E-state index contributed by atoms with van der Waals surface area (Å²) in [6.45, 7) is 5.31. The van der Waals surface area contributed by atoms with E-state index in [4.69, 9.17) is 4.74 Å². The maximum atomic E-state index is 12.5. The predicted molar refractivity (Wildman–Crippen MR) is 104 cm³/mol. The van der Waals surface area contributed by atoms with Gasteiger partial charge < -0.3 is 15.0 Å². The number of ether oxygens (including phenoxy) is 1. The fourth-order valence-corrected chi connectivity index (χ4v) is 2.52. The molecule has 0 unspecified atom stereocenters. The molecule has 0 aliphatic rings. The standard InChI is InChI=1S/C21H26N2O3/c1-4-6-14-23(3)21(25)17-9-7-8-16(15-17)20(24)22-18-10-12-19(13-11-18)26-5-2/h7-13,15H,4-6,14H2,1-3H3,(H,22,24). The summed E-state index contributed by atoms with van der Waals surface area (Å²) in [7, 11) is 1.78. The minimum Gasteiger partial charge on any atom is -0.494 e. The molecule has 2 aromatic carbocycles. The first-order valence-electron chi connectivity index (χ1n) is 8.95. The molecule has 0 radical (unpaired) electrons. The molecule has 0 aliphatic heterocycles. The second-order valence-corrected chi connectivity index (χ2v) is 6.07. The molecule has 0 saturated carbocycles. The maximum absolute atomic E-state index is 12.5. The van der Waals surface area contributed by atoms with Gasteiger partial charge in [-0.3, -0.25) is 9.59 Å². The van der Waals surface area contributed by atoms with Crippen molar-refractivity contribution in [1.29, 1.82) is 0 Å². The lowest BCUT2D eigenvalue weighted by molar-refractivity contribution is 0.0793. The normalized spacial score (nSPS) is 10.3. The fourth-order valence-electron chi connectivity index (χ4n) is 2.52. The first-order valence-corrected chi connectivity index (χ1v) is 8.95. The highest BCUT2D eigenvalue weighted by Gasteiger charge is 2.14. The van der Waals surface area contributed by atoms with Crippen LogP contribution in [0.5, 0.6) is 5.75 Å². The molecule has 0 heterocycles. The van der Waals surface area contributed by atoms with Crippen molar-refractivity contribution in [3.8, 4) is 5.75 Å². The molecule has 0 spiro atoms. The van der Waals surface area contributed by atoms with E-state index in [1.54, 1.807) is 48.3 Å². The monoisotopic (exact) mass is 354 g/mol. The highest BCUT2D eigenvalue weighted by molar-refractivity contribution is 6.06. The number of rotatable bonds is 8.